The molecule has 0 aromatic heterocycles. The van der Waals surface area contributed by atoms with Crippen LogP contribution in [-0.2, 0) is 32.7 Å². The highest BCUT2D eigenvalue weighted by atomic mass is 31.2. The Balaban J connectivity index is 4.45. The number of unbranched alkanes of at least 4 members (excludes halogenated alkanes) is 16. The average molecular weight is 742 g/mol. The van der Waals surface area contributed by atoms with Gasteiger partial charge in [0.25, 0.3) is 7.82 Å². The monoisotopic (exact) mass is 742 g/mol. The number of hydrogen-bond acceptors (Lipinski definition) is 8. The van der Waals surface area contributed by atoms with E-state index in [1.54, 1.807) is 0 Å². The lowest BCUT2D eigenvalue weighted by Crippen LogP contribution is -2.37. The summed E-state index contributed by atoms with van der Waals surface area (Å²) < 4.78 is 33.8. The Morgan fingerprint density at radius 2 is 1.08 bits per heavy atom. The van der Waals surface area contributed by atoms with Gasteiger partial charge in [-0.1, -0.05) is 121 Å². The minimum absolute atomic E-state index is 0.0352. The summed E-state index contributed by atoms with van der Waals surface area (Å²) in [5, 5.41) is 0. The van der Waals surface area contributed by atoms with Gasteiger partial charge in [0.2, 0.25) is 0 Å². The van der Waals surface area contributed by atoms with Crippen molar-refractivity contribution in [3.05, 3.63) is 36.5 Å². The molecule has 10 heteroatoms. The van der Waals surface area contributed by atoms with Gasteiger partial charge in [-0.05, 0) is 64.2 Å². The lowest BCUT2D eigenvalue weighted by atomic mass is 10.1. The van der Waals surface area contributed by atoms with Crippen molar-refractivity contribution in [2.75, 3.05) is 47.5 Å². The maximum absolute atomic E-state index is 12.6. The molecule has 1 unspecified atom stereocenters. The average Bonchev–Trinajstić information content (AvgIpc) is 3.07. The largest absolute Gasteiger partial charge is 0.756 e. The molecule has 0 fully saturated rings. The van der Waals surface area contributed by atoms with Crippen LogP contribution >= 0.6 is 7.82 Å². The van der Waals surface area contributed by atoms with E-state index in [0.717, 1.165) is 77.0 Å². The quantitative estimate of drug-likeness (QED) is 0.0205. The molecule has 0 radical (unpaired) electrons. The van der Waals surface area contributed by atoms with E-state index in [2.05, 4.69) is 50.3 Å². The van der Waals surface area contributed by atoms with Crippen LogP contribution in [0, 0.1) is 0 Å². The first-order valence-corrected chi connectivity index (χ1v) is 21.7. The molecule has 0 bridgehead atoms. The fourth-order valence-corrected chi connectivity index (χ4v) is 5.86. The molecule has 9 nitrogen and oxygen atoms in total. The van der Waals surface area contributed by atoms with Crippen LogP contribution in [-0.4, -0.2) is 70.0 Å². The fraction of sp³-hybridized carbons (Fsp3) is 0.805. The minimum atomic E-state index is -4.62. The number of allylic oxidation sites excluding steroid dienone is 6. The molecular formula is C41H76NO8P. The lowest BCUT2D eigenvalue weighted by molar-refractivity contribution is -0.870. The van der Waals surface area contributed by atoms with Crippen molar-refractivity contribution in [3.63, 3.8) is 0 Å². The maximum atomic E-state index is 12.6. The van der Waals surface area contributed by atoms with Crippen molar-refractivity contribution in [2.45, 2.75) is 168 Å². The normalized spacial score (nSPS) is 14.1. The van der Waals surface area contributed by atoms with Crippen molar-refractivity contribution < 1.29 is 42.1 Å². The number of nitrogens with zero attached hydrogens (tertiary/aromatic N) is 1. The van der Waals surface area contributed by atoms with Crippen molar-refractivity contribution in [1.82, 2.24) is 0 Å². The number of carbonyl (C=O) groups excluding carboxylic acids is 2. The van der Waals surface area contributed by atoms with Crippen LogP contribution in [0.15, 0.2) is 36.5 Å². The second-order valence-corrected chi connectivity index (χ2v) is 16.1. The predicted molar refractivity (Wildman–Crippen MR) is 208 cm³/mol. The first-order chi connectivity index (χ1) is 24.5. The molecule has 0 aliphatic rings. The number of esters is 2. The van der Waals surface area contributed by atoms with Gasteiger partial charge in [-0.2, -0.15) is 0 Å². The zero-order valence-corrected chi connectivity index (χ0v) is 34.2. The Kier molecular flexibility index (Phi) is 32.8. The fourth-order valence-electron chi connectivity index (χ4n) is 5.13. The standard InChI is InChI=1S/C41H76NO8P/c1-6-8-10-12-14-16-18-20-22-23-25-27-29-31-33-40(43)47-37-39(38-49-51(45,46)48-36-35-42(3,4)5)50-41(44)34-32-30-28-26-24-21-19-17-15-13-11-9-7-2/h12,14,17-20,39H,6-11,13,15-16,21-38H2,1-5H3/b14-12+,19-17+,20-18+/t39-/m1/s1. The topological polar surface area (TPSA) is 111 Å². The second-order valence-electron chi connectivity index (χ2n) is 14.6. The summed E-state index contributed by atoms with van der Waals surface area (Å²) in [6.45, 7) is 4.13. The van der Waals surface area contributed by atoms with Crippen LogP contribution in [0.1, 0.15) is 162 Å². The Morgan fingerprint density at radius 1 is 0.608 bits per heavy atom. The zero-order valence-electron chi connectivity index (χ0n) is 33.3. The van der Waals surface area contributed by atoms with Crippen LogP contribution in [0.4, 0.5) is 0 Å². The van der Waals surface area contributed by atoms with Crippen molar-refractivity contribution in [1.29, 1.82) is 0 Å². The summed E-state index contributed by atoms with van der Waals surface area (Å²) in [5.74, 6) is -0.863. The summed E-state index contributed by atoms with van der Waals surface area (Å²) in [6, 6.07) is 0. The van der Waals surface area contributed by atoms with Crippen LogP contribution in [0.5, 0.6) is 0 Å². The van der Waals surface area contributed by atoms with E-state index in [-0.39, 0.29) is 26.1 Å². The highest BCUT2D eigenvalue weighted by molar-refractivity contribution is 7.45. The van der Waals surface area contributed by atoms with Gasteiger partial charge in [0.1, 0.15) is 19.8 Å². The molecule has 0 spiro atoms. The van der Waals surface area contributed by atoms with E-state index >= 15 is 0 Å². The second kappa shape index (κ2) is 34.0. The lowest BCUT2D eigenvalue weighted by Gasteiger charge is -2.28. The van der Waals surface area contributed by atoms with Gasteiger partial charge in [-0.15, -0.1) is 0 Å². The number of carbonyl (C=O) groups is 2. The highest BCUT2D eigenvalue weighted by Crippen LogP contribution is 2.38. The molecule has 0 heterocycles. The van der Waals surface area contributed by atoms with Gasteiger partial charge in [-0.3, -0.25) is 14.2 Å². The zero-order chi connectivity index (χ0) is 37.9. The van der Waals surface area contributed by atoms with E-state index in [1.165, 1.54) is 44.9 Å². The van der Waals surface area contributed by atoms with E-state index in [1.807, 2.05) is 21.1 Å². The molecule has 51 heavy (non-hydrogen) atoms. The molecule has 0 aliphatic carbocycles. The number of phosphoric ester groups is 1. The third-order valence-corrected chi connectivity index (χ3v) is 9.35. The summed E-state index contributed by atoms with van der Waals surface area (Å²) in [7, 11) is 1.15. The van der Waals surface area contributed by atoms with Crippen LogP contribution in [0.2, 0.25) is 0 Å². The van der Waals surface area contributed by atoms with E-state index in [0.29, 0.717) is 23.9 Å². The number of hydrogen-bond donors (Lipinski definition) is 0. The summed E-state index contributed by atoms with van der Waals surface area (Å²) in [4.78, 5) is 37.4. The first kappa shape index (κ1) is 49.2. The van der Waals surface area contributed by atoms with Crippen molar-refractivity contribution in [3.8, 4) is 0 Å². The Morgan fingerprint density at radius 3 is 1.63 bits per heavy atom. The smallest absolute Gasteiger partial charge is 0.306 e. The molecule has 0 N–H and O–H groups in total. The van der Waals surface area contributed by atoms with Gasteiger partial charge >= 0.3 is 11.9 Å². The summed E-state index contributed by atoms with van der Waals surface area (Å²) >= 11 is 0. The number of ether oxygens (including phenoxy) is 2. The Bertz CT molecular complexity index is 975. The summed E-state index contributed by atoms with van der Waals surface area (Å²) in [5.41, 5.74) is 0. The number of phosphoric acid groups is 1. The highest BCUT2D eigenvalue weighted by Gasteiger charge is 2.21. The third-order valence-electron chi connectivity index (χ3n) is 8.38. The SMILES string of the molecule is CCCC/C=C/C/C=C/CCCCCCCC(=O)OC[C@H](COP(=O)([O-])OCC[N+](C)(C)C)OC(=O)CCCCCCC/C=C/CCCCCC. The van der Waals surface area contributed by atoms with Gasteiger partial charge in [0.15, 0.2) is 6.10 Å². The molecule has 0 aliphatic heterocycles. The van der Waals surface area contributed by atoms with E-state index < -0.39 is 32.5 Å². The van der Waals surface area contributed by atoms with Crippen molar-refractivity contribution in [2.24, 2.45) is 0 Å². The van der Waals surface area contributed by atoms with E-state index in [9.17, 15) is 19.0 Å². The molecule has 2 atom stereocenters. The first-order valence-electron chi connectivity index (χ1n) is 20.2. The van der Waals surface area contributed by atoms with Crippen LogP contribution in [0.25, 0.3) is 0 Å². The van der Waals surface area contributed by atoms with Gasteiger partial charge in [0, 0.05) is 12.8 Å². The van der Waals surface area contributed by atoms with E-state index in [4.69, 9.17) is 18.5 Å². The molecule has 0 amide bonds. The van der Waals surface area contributed by atoms with Gasteiger partial charge in [-0.25, -0.2) is 0 Å². The molecular weight excluding hydrogens is 665 g/mol. The third kappa shape index (κ3) is 37.8. The van der Waals surface area contributed by atoms with Crippen LogP contribution < -0.4 is 4.89 Å². The Hall–Kier alpha value is -1.77. The maximum Gasteiger partial charge on any atom is 0.306 e. The van der Waals surface area contributed by atoms with Crippen molar-refractivity contribution >= 4 is 19.8 Å². The molecule has 298 valence electrons. The Labute approximate surface area is 312 Å². The van der Waals surface area contributed by atoms with Crippen LogP contribution in [0.3, 0.4) is 0 Å². The number of rotatable bonds is 36. The molecule has 0 saturated heterocycles. The number of quaternary nitrogens is 1. The molecule has 0 rings (SSSR count). The molecule has 0 aromatic carbocycles. The predicted octanol–water partition coefficient (Wildman–Crippen LogP) is 10.3. The van der Waals surface area contributed by atoms with Gasteiger partial charge < -0.3 is 27.9 Å². The molecule has 0 saturated carbocycles. The van der Waals surface area contributed by atoms with Gasteiger partial charge in [0.05, 0.1) is 27.7 Å². The molecule has 0 aromatic rings. The number of likely N-dealkylation sites (N-methyl/N-ethyl adjacent to an activating group) is 1. The summed E-state index contributed by atoms with van der Waals surface area (Å²) in [6.07, 6.45) is 35.9. The minimum Gasteiger partial charge on any atom is -0.756 e.